The molecule has 0 aliphatic carbocycles. The summed E-state index contributed by atoms with van der Waals surface area (Å²) in [6, 6.07) is 0. The highest BCUT2D eigenvalue weighted by Gasteiger charge is 2.17. The van der Waals surface area contributed by atoms with Gasteiger partial charge in [-0.1, -0.05) is 0 Å². The van der Waals surface area contributed by atoms with Gasteiger partial charge in [-0.15, -0.1) is 0 Å². The average molecular weight is 174 g/mol. The van der Waals surface area contributed by atoms with E-state index in [2.05, 4.69) is 4.31 Å². The van der Waals surface area contributed by atoms with E-state index in [1.807, 2.05) is 0 Å². The minimum Gasteiger partial charge on any atom is -0.303 e. The first-order chi connectivity index (χ1) is 5.36. The molecule has 1 saturated heterocycles. The third-order valence-corrected chi connectivity index (χ3v) is 2.82. The van der Waals surface area contributed by atoms with Crippen molar-refractivity contribution in [1.29, 1.82) is 0 Å². The Hall–Kier alpha value is -0.0600. The van der Waals surface area contributed by atoms with E-state index in [-0.39, 0.29) is 0 Å². The maximum absolute atomic E-state index is 10.2. The van der Waals surface area contributed by atoms with E-state index in [0.717, 1.165) is 38.6 Å². The molecule has 1 rings (SSSR count). The summed E-state index contributed by atoms with van der Waals surface area (Å²) in [4.78, 5) is 10.2. The summed E-state index contributed by atoms with van der Waals surface area (Å²) < 4.78 is 2.14. The number of aldehydes is 1. The molecule has 11 heavy (non-hydrogen) atoms. The number of nitrogens with two attached hydrogens (primary N) is 1. The van der Waals surface area contributed by atoms with Crippen LogP contribution in [0.3, 0.4) is 0 Å². The molecule has 2 N–H and O–H groups in total. The number of carbonyl (C=O) groups excluding carboxylic acids is 1. The van der Waals surface area contributed by atoms with Crippen molar-refractivity contribution < 1.29 is 4.79 Å². The SMILES string of the molecule is NSN1CCC(CC=O)CC1. The predicted octanol–water partition coefficient (Wildman–Crippen LogP) is 0.809. The standard InChI is InChI=1S/C7H14N2OS/c8-11-9-4-1-7(2-5-9)3-6-10/h6-7H,1-5,8H2. The van der Waals surface area contributed by atoms with Crippen LogP contribution in [0, 0.1) is 5.92 Å². The van der Waals surface area contributed by atoms with E-state index < -0.39 is 0 Å². The van der Waals surface area contributed by atoms with Crippen LogP contribution in [0.25, 0.3) is 0 Å². The molecule has 1 aliphatic heterocycles. The Morgan fingerprint density at radius 3 is 2.64 bits per heavy atom. The fraction of sp³-hybridized carbons (Fsp3) is 0.857. The maximum atomic E-state index is 10.2. The van der Waals surface area contributed by atoms with Crippen LogP contribution in [0.2, 0.25) is 0 Å². The molecule has 1 fully saturated rings. The van der Waals surface area contributed by atoms with Crippen LogP contribution < -0.4 is 5.14 Å². The molecule has 64 valence electrons. The zero-order valence-corrected chi connectivity index (χ0v) is 7.35. The van der Waals surface area contributed by atoms with E-state index in [1.165, 1.54) is 12.1 Å². The van der Waals surface area contributed by atoms with Gasteiger partial charge in [0.25, 0.3) is 0 Å². The highest BCUT2D eigenvalue weighted by atomic mass is 32.2. The lowest BCUT2D eigenvalue weighted by Crippen LogP contribution is -2.29. The molecule has 1 aliphatic rings. The smallest absolute Gasteiger partial charge is 0.120 e. The lowest BCUT2D eigenvalue weighted by atomic mass is 9.95. The van der Waals surface area contributed by atoms with Crippen molar-refractivity contribution in [1.82, 2.24) is 4.31 Å². The van der Waals surface area contributed by atoms with Crippen molar-refractivity contribution in [2.45, 2.75) is 19.3 Å². The van der Waals surface area contributed by atoms with Crippen molar-refractivity contribution in [2.24, 2.45) is 11.1 Å². The zero-order valence-electron chi connectivity index (χ0n) is 6.53. The van der Waals surface area contributed by atoms with E-state index in [9.17, 15) is 4.79 Å². The third kappa shape index (κ3) is 2.81. The van der Waals surface area contributed by atoms with Gasteiger partial charge in [-0.3, -0.25) is 5.14 Å². The third-order valence-electron chi connectivity index (χ3n) is 2.15. The van der Waals surface area contributed by atoms with Crippen LogP contribution in [0.15, 0.2) is 0 Å². The molecule has 4 heteroatoms. The summed E-state index contributed by atoms with van der Waals surface area (Å²) in [6.45, 7) is 2.05. The minimum atomic E-state index is 0.607. The molecular formula is C7H14N2OS. The van der Waals surface area contributed by atoms with Gasteiger partial charge in [0.1, 0.15) is 6.29 Å². The summed E-state index contributed by atoms with van der Waals surface area (Å²) in [6.07, 6.45) is 3.98. The molecule has 0 aromatic rings. The van der Waals surface area contributed by atoms with Gasteiger partial charge in [-0.25, -0.2) is 4.31 Å². The molecular weight excluding hydrogens is 160 g/mol. The van der Waals surface area contributed by atoms with Gasteiger partial charge in [0.15, 0.2) is 0 Å². The Morgan fingerprint density at radius 1 is 1.55 bits per heavy atom. The van der Waals surface area contributed by atoms with Gasteiger partial charge >= 0.3 is 0 Å². The number of nitrogens with zero attached hydrogens (tertiary/aromatic N) is 1. The fourth-order valence-corrected chi connectivity index (χ4v) is 1.81. The molecule has 0 radical (unpaired) electrons. The maximum Gasteiger partial charge on any atom is 0.120 e. The molecule has 0 bridgehead atoms. The minimum absolute atomic E-state index is 0.607. The van der Waals surface area contributed by atoms with E-state index >= 15 is 0 Å². The van der Waals surface area contributed by atoms with Crippen molar-refractivity contribution >= 4 is 18.4 Å². The number of carbonyl (C=O) groups is 1. The van der Waals surface area contributed by atoms with Crippen LogP contribution in [-0.2, 0) is 4.79 Å². The number of hydrogen-bond acceptors (Lipinski definition) is 4. The normalized spacial score (nSPS) is 21.9. The summed E-state index contributed by atoms with van der Waals surface area (Å²) in [5.41, 5.74) is 0. The largest absolute Gasteiger partial charge is 0.303 e. The molecule has 3 nitrogen and oxygen atoms in total. The number of piperidine rings is 1. The van der Waals surface area contributed by atoms with Gasteiger partial charge in [0, 0.05) is 31.6 Å². The van der Waals surface area contributed by atoms with Gasteiger partial charge in [-0.2, -0.15) is 0 Å². The van der Waals surface area contributed by atoms with Crippen molar-refractivity contribution in [3.8, 4) is 0 Å². The van der Waals surface area contributed by atoms with Crippen LogP contribution >= 0.6 is 12.1 Å². The molecule has 0 aromatic heterocycles. The van der Waals surface area contributed by atoms with Crippen LogP contribution in [-0.4, -0.2) is 23.7 Å². The van der Waals surface area contributed by atoms with Gasteiger partial charge in [0.05, 0.1) is 0 Å². The topological polar surface area (TPSA) is 46.3 Å². The Bertz CT molecular complexity index is 124. The van der Waals surface area contributed by atoms with E-state index in [1.54, 1.807) is 0 Å². The second-order valence-corrected chi connectivity index (χ2v) is 3.61. The second kappa shape index (κ2) is 4.74. The van der Waals surface area contributed by atoms with Crippen LogP contribution in [0.4, 0.5) is 0 Å². The molecule has 0 aromatic carbocycles. The molecule has 0 saturated carbocycles. The van der Waals surface area contributed by atoms with E-state index in [4.69, 9.17) is 5.14 Å². The van der Waals surface area contributed by atoms with Crippen LogP contribution in [0.5, 0.6) is 0 Å². The Kier molecular flexibility index (Phi) is 3.90. The number of rotatable bonds is 3. The van der Waals surface area contributed by atoms with Gasteiger partial charge in [-0.05, 0) is 18.8 Å². The molecule has 0 atom stereocenters. The number of hydrogen-bond donors (Lipinski definition) is 1. The Balaban J connectivity index is 2.18. The summed E-state index contributed by atoms with van der Waals surface area (Å²) in [7, 11) is 0. The highest BCUT2D eigenvalue weighted by Crippen LogP contribution is 2.21. The Morgan fingerprint density at radius 2 is 2.18 bits per heavy atom. The fourth-order valence-electron chi connectivity index (χ4n) is 1.39. The Labute approximate surface area is 71.6 Å². The lowest BCUT2D eigenvalue weighted by Gasteiger charge is -2.28. The first-order valence-corrected chi connectivity index (χ1v) is 4.76. The predicted molar refractivity (Wildman–Crippen MR) is 46.8 cm³/mol. The molecule has 0 unspecified atom stereocenters. The molecule has 0 spiro atoms. The van der Waals surface area contributed by atoms with E-state index in [0.29, 0.717) is 5.92 Å². The second-order valence-electron chi connectivity index (χ2n) is 2.88. The average Bonchev–Trinajstić information content (AvgIpc) is 2.07. The molecule has 0 amide bonds. The van der Waals surface area contributed by atoms with Crippen molar-refractivity contribution in [2.75, 3.05) is 13.1 Å². The monoisotopic (exact) mass is 174 g/mol. The summed E-state index contributed by atoms with van der Waals surface area (Å²) in [5, 5.41) is 5.40. The quantitative estimate of drug-likeness (QED) is 0.508. The van der Waals surface area contributed by atoms with Gasteiger partial charge < -0.3 is 4.79 Å². The highest BCUT2D eigenvalue weighted by molar-refractivity contribution is 7.94. The van der Waals surface area contributed by atoms with Crippen LogP contribution in [0.1, 0.15) is 19.3 Å². The summed E-state index contributed by atoms with van der Waals surface area (Å²) >= 11 is 1.31. The van der Waals surface area contributed by atoms with Gasteiger partial charge in [0.2, 0.25) is 0 Å². The first kappa shape index (κ1) is 9.03. The van der Waals surface area contributed by atoms with Crippen molar-refractivity contribution in [3.05, 3.63) is 0 Å². The lowest BCUT2D eigenvalue weighted by molar-refractivity contribution is -0.108. The van der Waals surface area contributed by atoms with Crippen molar-refractivity contribution in [3.63, 3.8) is 0 Å². The summed E-state index contributed by atoms with van der Waals surface area (Å²) in [5.74, 6) is 0.607. The molecule has 1 heterocycles. The first-order valence-electron chi connectivity index (χ1n) is 3.92. The zero-order chi connectivity index (χ0) is 8.10.